The van der Waals surface area contributed by atoms with Crippen LogP contribution in [0.4, 0.5) is 5.13 Å². The largest absolute Gasteiger partial charge is 0.345 e. The molecule has 6 heteroatoms. The van der Waals surface area contributed by atoms with Crippen molar-refractivity contribution in [1.29, 1.82) is 0 Å². The number of hydrogen-bond donors (Lipinski definition) is 1. The summed E-state index contributed by atoms with van der Waals surface area (Å²) < 4.78 is 2.26. The summed E-state index contributed by atoms with van der Waals surface area (Å²) in [6, 6.07) is 2.50. The third kappa shape index (κ3) is 2.92. The molecule has 2 aromatic heterocycles. The molecule has 2 heterocycles. The molecular weight excluding hydrogens is 334 g/mol. The van der Waals surface area contributed by atoms with Crippen LogP contribution in [0.15, 0.2) is 6.07 Å². The van der Waals surface area contributed by atoms with Crippen LogP contribution >= 0.6 is 11.3 Å². The summed E-state index contributed by atoms with van der Waals surface area (Å²) >= 11 is 1.30. The summed E-state index contributed by atoms with van der Waals surface area (Å²) in [7, 11) is 0. The van der Waals surface area contributed by atoms with Gasteiger partial charge in [-0.2, -0.15) is 0 Å². The number of Topliss-reactive ketones (excluding diaryl/α,β-unsaturated/α-hetero) is 1. The van der Waals surface area contributed by atoms with Gasteiger partial charge in [-0.25, -0.2) is 4.98 Å². The normalized spacial score (nSPS) is 19.0. The van der Waals surface area contributed by atoms with Gasteiger partial charge in [0, 0.05) is 23.9 Å². The van der Waals surface area contributed by atoms with Crippen LogP contribution in [0.5, 0.6) is 0 Å². The highest BCUT2D eigenvalue weighted by Crippen LogP contribution is 2.40. The first-order chi connectivity index (χ1) is 11.7. The number of ketones is 1. The van der Waals surface area contributed by atoms with E-state index in [1.807, 2.05) is 19.9 Å². The lowest BCUT2D eigenvalue weighted by atomic mass is 9.78. The number of rotatable bonds is 3. The van der Waals surface area contributed by atoms with Crippen LogP contribution in [0.2, 0.25) is 0 Å². The molecule has 25 heavy (non-hydrogen) atoms. The van der Waals surface area contributed by atoms with E-state index in [0.29, 0.717) is 28.0 Å². The Kier molecular flexibility index (Phi) is 3.65. The van der Waals surface area contributed by atoms with Crippen LogP contribution in [0, 0.1) is 19.3 Å². The van der Waals surface area contributed by atoms with Crippen LogP contribution in [0.1, 0.15) is 76.3 Å². The van der Waals surface area contributed by atoms with Gasteiger partial charge in [0.2, 0.25) is 0 Å². The van der Waals surface area contributed by atoms with Crippen molar-refractivity contribution < 1.29 is 9.59 Å². The molecule has 5 nitrogen and oxygen atoms in total. The lowest BCUT2D eigenvalue weighted by Gasteiger charge is -2.26. The van der Waals surface area contributed by atoms with Gasteiger partial charge in [0.05, 0.1) is 16.1 Å². The Morgan fingerprint density at radius 1 is 1.32 bits per heavy atom. The van der Waals surface area contributed by atoms with Gasteiger partial charge in [0.15, 0.2) is 10.9 Å². The van der Waals surface area contributed by atoms with Gasteiger partial charge in [0.25, 0.3) is 5.91 Å². The van der Waals surface area contributed by atoms with E-state index >= 15 is 0 Å². The van der Waals surface area contributed by atoms with Crippen molar-refractivity contribution in [3.63, 3.8) is 0 Å². The summed E-state index contributed by atoms with van der Waals surface area (Å²) in [6.45, 7) is 8.21. The summed E-state index contributed by atoms with van der Waals surface area (Å²) in [5.74, 6) is -0.00559. The Balaban J connectivity index is 1.58. The van der Waals surface area contributed by atoms with Gasteiger partial charge >= 0.3 is 0 Å². The summed E-state index contributed by atoms with van der Waals surface area (Å²) in [4.78, 5) is 30.3. The van der Waals surface area contributed by atoms with E-state index < -0.39 is 0 Å². The van der Waals surface area contributed by atoms with E-state index in [-0.39, 0.29) is 17.1 Å². The zero-order valence-corrected chi connectivity index (χ0v) is 15.9. The van der Waals surface area contributed by atoms with Crippen LogP contribution < -0.4 is 5.32 Å². The standard InChI is InChI=1S/C19H23N3O2S/c1-10-7-13(11(2)22(10)12-5-6-12)17(24)21-18-20-14-8-19(3,4)9-15(23)16(14)25-18/h7,12H,5-6,8-9H2,1-4H3,(H,20,21,24). The van der Waals surface area contributed by atoms with Gasteiger partial charge in [-0.15, -0.1) is 0 Å². The molecule has 1 amide bonds. The Morgan fingerprint density at radius 2 is 2.04 bits per heavy atom. The molecule has 0 saturated heterocycles. The molecule has 2 aliphatic rings. The number of aryl methyl sites for hydroxylation is 1. The van der Waals surface area contributed by atoms with Crippen molar-refractivity contribution in [2.24, 2.45) is 5.41 Å². The molecule has 1 saturated carbocycles. The summed E-state index contributed by atoms with van der Waals surface area (Å²) in [5.41, 5.74) is 3.60. The minimum atomic E-state index is -0.141. The number of nitrogens with one attached hydrogen (secondary N) is 1. The van der Waals surface area contributed by atoms with Crippen molar-refractivity contribution in [3.05, 3.63) is 33.6 Å². The third-order valence-corrected chi connectivity index (χ3v) is 6.15. The quantitative estimate of drug-likeness (QED) is 0.890. The second kappa shape index (κ2) is 5.53. The van der Waals surface area contributed by atoms with Crippen molar-refractivity contribution in [3.8, 4) is 0 Å². The lowest BCUT2D eigenvalue weighted by Crippen LogP contribution is -2.26. The average molecular weight is 357 g/mol. The molecule has 0 bridgehead atoms. The van der Waals surface area contributed by atoms with E-state index in [9.17, 15) is 9.59 Å². The number of amides is 1. The first-order valence-electron chi connectivity index (χ1n) is 8.78. The molecule has 2 aliphatic carbocycles. The van der Waals surface area contributed by atoms with Gasteiger partial charge in [-0.1, -0.05) is 25.2 Å². The minimum Gasteiger partial charge on any atom is -0.345 e. The van der Waals surface area contributed by atoms with E-state index in [2.05, 4.69) is 28.7 Å². The highest BCUT2D eigenvalue weighted by atomic mass is 32.1. The van der Waals surface area contributed by atoms with Gasteiger partial charge < -0.3 is 4.57 Å². The molecule has 0 atom stereocenters. The maximum atomic E-state index is 12.7. The number of anilines is 1. The zero-order valence-electron chi connectivity index (χ0n) is 15.1. The Hall–Kier alpha value is -1.95. The minimum absolute atomic E-state index is 0.0609. The number of carbonyl (C=O) groups is 2. The summed E-state index contributed by atoms with van der Waals surface area (Å²) in [5, 5.41) is 3.43. The SMILES string of the molecule is Cc1cc(C(=O)Nc2nc3c(s2)C(=O)CC(C)(C)C3)c(C)n1C1CC1. The molecule has 4 rings (SSSR count). The molecule has 0 spiro atoms. The van der Waals surface area contributed by atoms with Gasteiger partial charge in [-0.05, 0) is 44.6 Å². The second-order valence-electron chi connectivity index (χ2n) is 8.08. The molecule has 0 aromatic carbocycles. The van der Waals surface area contributed by atoms with Crippen LogP contribution in [0.3, 0.4) is 0 Å². The maximum absolute atomic E-state index is 12.7. The van der Waals surface area contributed by atoms with Crippen LogP contribution in [-0.2, 0) is 6.42 Å². The van der Waals surface area contributed by atoms with Crippen molar-refractivity contribution in [2.75, 3.05) is 5.32 Å². The zero-order chi connectivity index (χ0) is 17.9. The van der Waals surface area contributed by atoms with E-state index in [1.54, 1.807) is 0 Å². The fraction of sp³-hybridized carbons (Fsp3) is 0.526. The molecule has 1 N–H and O–H groups in total. The van der Waals surface area contributed by atoms with Gasteiger partial charge in [-0.3, -0.25) is 14.9 Å². The van der Waals surface area contributed by atoms with Crippen molar-refractivity contribution >= 4 is 28.2 Å². The number of carbonyl (C=O) groups excluding carboxylic acids is 2. The van der Waals surface area contributed by atoms with E-state index in [4.69, 9.17) is 0 Å². The smallest absolute Gasteiger partial charge is 0.259 e. The fourth-order valence-electron chi connectivity index (χ4n) is 3.84. The molecule has 0 unspecified atom stereocenters. The lowest BCUT2D eigenvalue weighted by molar-refractivity contribution is 0.0915. The second-order valence-corrected chi connectivity index (χ2v) is 9.07. The highest BCUT2D eigenvalue weighted by molar-refractivity contribution is 7.17. The first-order valence-corrected chi connectivity index (χ1v) is 9.59. The monoisotopic (exact) mass is 357 g/mol. The average Bonchev–Trinajstić information content (AvgIpc) is 3.17. The highest BCUT2D eigenvalue weighted by Gasteiger charge is 2.34. The number of nitrogens with zero attached hydrogens (tertiary/aromatic N) is 2. The predicted molar refractivity (Wildman–Crippen MR) is 98.7 cm³/mol. The third-order valence-electron chi connectivity index (χ3n) is 5.10. The number of hydrogen-bond acceptors (Lipinski definition) is 4. The molecule has 2 aromatic rings. The van der Waals surface area contributed by atoms with Crippen molar-refractivity contribution in [2.45, 2.75) is 59.4 Å². The Morgan fingerprint density at radius 3 is 2.72 bits per heavy atom. The number of fused-ring (bicyclic) bond motifs is 1. The fourth-order valence-corrected chi connectivity index (χ4v) is 4.75. The van der Waals surface area contributed by atoms with E-state index in [1.165, 1.54) is 24.2 Å². The van der Waals surface area contributed by atoms with Gasteiger partial charge in [0.1, 0.15) is 0 Å². The maximum Gasteiger partial charge on any atom is 0.259 e. The van der Waals surface area contributed by atoms with Crippen LogP contribution in [0.25, 0.3) is 0 Å². The predicted octanol–water partition coefficient (Wildman–Crippen LogP) is 4.30. The Labute approximate surface area is 151 Å². The van der Waals surface area contributed by atoms with Crippen LogP contribution in [-0.4, -0.2) is 21.2 Å². The topological polar surface area (TPSA) is 64.0 Å². The number of aromatic nitrogens is 2. The molecule has 0 radical (unpaired) electrons. The molecular formula is C19H23N3O2S. The molecule has 1 fully saturated rings. The first kappa shape index (κ1) is 16.5. The summed E-state index contributed by atoms with van der Waals surface area (Å²) in [6.07, 6.45) is 3.69. The number of thiazole rings is 1. The van der Waals surface area contributed by atoms with Crippen molar-refractivity contribution in [1.82, 2.24) is 9.55 Å². The van der Waals surface area contributed by atoms with E-state index in [0.717, 1.165) is 23.5 Å². The Bertz CT molecular complexity index is 887. The molecule has 132 valence electrons. The molecule has 0 aliphatic heterocycles.